The molecule has 0 radical (unpaired) electrons. The molecular formula is C30H42N2O18. The molecule has 0 aliphatic carbocycles. The average Bonchev–Trinajstić information content (AvgIpc) is 2.98. The van der Waals surface area contributed by atoms with Crippen LogP contribution in [0, 0.1) is 0 Å². The second-order valence-electron chi connectivity index (χ2n) is 10.9. The standard InChI is InChI=1S/C30H42N2O18/c1-9-10-41-30(40)32-28-22(31-13(2)33)25(45-17(6)37)23(20(48-28)11-42-14(3)34)50-29-27(47-19(8)39)26(46-18(7)38)24(44-16(5)36)21(49-29)12-43-15(4)35/h9,20-29H,1,10-12H2,2-8H3,(H,31,33)(H,32,40)/t20-,21-,22-,23-,24+,25-,26+,27-,28-,29+/m1/s1. The van der Waals surface area contributed by atoms with Crippen LogP contribution in [0.15, 0.2) is 12.7 Å². The van der Waals surface area contributed by atoms with Crippen LogP contribution < -0.4 is 10.6 Å². The lowest BCUT2D eigenvalue weighted by molar-refractivity contribution is -0.339. The second kappa shape index (κ2) is 19.4. The summed E-state index contributed by atoms with van der Waals surface area (Å²) in [6.45, 7) is 9.46. The highest BCUT2D eigenvalue weighted by Gasteiger charge is 2.57. The first-order chi connectivity index (χ1) is 23.4. The third kappa shape index (κ3) is 12.9. The minimum Gasteiger partial charge on any atom is -0.463 e. The van der Waals surface area contributed by atoms with Crippen molar-refractivity contribution in [2.75, 3.05) is 19.8 Å². The summed E-state index contributed by atoms with van der Waals surface area (Å²) in [7, 11) is 0. The summed E-state index contributed by atoms with van der Waals surface area (Å²) in [4.78, 5) is 97.7. The molecule has 50 heavy (non-hydrogen) atoms. The van der Waals surface area contributed by atoms with Crippen LogP contribution >= 0.6 is 0 Å². The van der Waals surface area contributed by atoms with E-state index in [2.05, 4.69) is 17.2 Å². The SMILES string of the molecule is C=CCOC(=O)N[C@@H]1O[C@H](COC(C)=O)[C@@H](O[C@@H]2O[C@H](COC(C)=O)[C@H](OC(C)=O)[C@H](OC(C)=O)[C@H]2OC(C)=O)[C@H](OC(C)=O)[C@H]1NC(C)=O. The van der Waals surface area contributed by atoms with E-state index >= 15 is 0 Å². The van der Waals surface area contributed by atoms with Gasteiger partial charge in [0, 0.05) is 48.5 Å². The zero-order chi connectivity index (χ0) is 37.7. The lowest BCUT2D eigenvalue weighted by Crippen LogP contribution is -2.71. The molecule has 0 aromatic carbocycles. The Labute approximate surface area is 286 Å². The number of hydrogen-bond donors (Lipinski definition) is 2. The molecular weight excluding hydrogens is 676 g/mol. The molecule has 2 heterocycles. The van der Waals surface area contributed by atoms with E-state index in [-0.39, 0.29) is 6.61 Å². The van der Waals surface area contributed by atoms with Crippen LogP contribution in [0.1, 0.15) is 48.5 Å². The summed E-state index contributed by atoms with van der Waals surface area (Å²) in [5.41, 5.74) is 0. The summed E-state index contributed by atoms with van der Waals surface area (Å²) < 4.78 is 55.3. The van der Waals surface area contributed by atoms with Crippen molar-refractivity contribution in [3.63, 3.8) is 0 Å². The molecule has 2 aliphatic rings. The molecule has 2 aliphatic heterocycles. The highest BCUT2D eigenvalue weighted by molar-refractivity contribution is 5.74. The molecule has 2 rings (SSSR count). The quantitative estimate of drug-likeness (QED) is 0.125. The van der Waals surface area contributed by atoms with Gasteiger partial charge < -0.3 is 52.7 Å². The van der Waals surface area contributed by atoms with E-state index < -0.39 is 122 Å². The monoisotopic (exact) mass is 718 g/mol. The molecule has 0 aromatic rings. The van der Waals surface area contributed by atoms with Gasteiger partial charge in [-0.05, 0) is 0 Å². The summed E-state index contributed by atoms with van der Waals surface area (Å²) in [5, 5.41) is 4.91. The van der Waals surface area contributed by atoms with Crippen molar-refractivity contribution in [2.45, 2.75) is 110 Å². The van der Waals surface area contributed by atoms with Gasteiger partial charge in [0.2, 0.25) is 5.91 Å². The van der Waals surface area contributed by atoms with Crippen LogP contribution in [0.4, 0.5) is 4.79 Å². The van der Waals surface area contributed by atoms with Crippen molar-refractivity contribution in [3.05, 3.63) is 12.7 Å². The first-order valence-electron chi connectivity index (χ1n) is 15.2. The normalized spacial score (nSPS) is 28.8. The predicted octanol–water partition coefficient (Wildman–Crippen LogP) is -0.909. The Morgan fingerprint density at radius 1 is 0.580 bits per heavy atom. The highest BCUT2D eigenvalue weighted by Crippen LogP contribution is 2.34. The minimum absolute atomic E-state index is 0.206. The molecule has 2 saturated heterocycles. The Morgan fingerprint density at radius 2 is 1.06 bits per heavy atom. The van der Waals surface area contributed by atoms with Crippen LogP contribution in [-0.2, 0) is 80.9 Å². The first-order valence-corrected chi connectivity index (χ1v) is 15.2. The number of nitrogens with one attached hydrogen (secondary N) is 2. The number of carbonyl (C=O) groups is 8. The number of amides is 2. The fourth-order valence-electron chi connectivity index (χ4n) is 5.03. The molecule has 2 fully saturated rings. The summed E-state index contributed by atoms with van der Waals surface area (Å²) >= 11 is 0. The lowest BCUT2D eigenvalue weighted by atomic mass is 9.94. The molecule has 10 atom stereocenters. The van der Waals surface area contributed by atoms with Gasteiger partial charge in [-0.1, -0.05) is 12.7 Å². The van der Waals surface area contributed by atoms with E-state index in [4.69, 9.17) is 47.4 Å². The Morgan fingerprint density at radius 3 is 1.54 bits per heavy atom. The van der Waals surface area contributed by atoms with Crippen LogP contribution in [0.3, 0.4) is 0 Å². The summed E-state index contributed by atoms with van der Waals surface area (Å²) in [6.07, 6.45) is -14.0. The van der Waals surface area contributed by atoms with Gasteiger partial charge in [0.15, 0.2) is 36.9 Å². The molecule has 2 amide bonds. The lowest BCUT2D eigenvalue weighted by Gasteiger charge is -2.49. The molecule has 0 bridgehead atoms. The van der Waals surface area contributed by atoms with E-state index in [9.17, 15) is 38.4 Å². The van der Waals surface area contributed by atoms with Crippen molar-refractivity contribution < 1.29 is 85.7 Å². The maximum Gasteiger partial charge on any atom is 0.409 e. The largest absolute Gasteiger partial charge is 0.463 e. The number of alkyl carbamates (subject to hydrolysis) is 1. The highest BCUT2D eigenvalue weighted by atomic mass is 16.8. The van der Waals surface area contributed by atoms with Gasteiger partial charge in [-0.2, -0.15) is 0 Å². The maximum atomic E-state index is 12.5. The third-order valence-corrected chi connectivity index (χ3v) is 6.65. The average molecular weight is 719 g/mol. The van der Waals surface area contributed by atoms with Crippen LogP contribution in [0.2, 0.25) is 0 Å². The molecule has 0 saturated carbocycles. The van der Waals surface area contributed by atoms with Gasteiger partial charge in [-0.25, -0.2) is 4.79 Å². The Hall–Kier alpha value is -4.82. The van der Waals surface area contributed by atoms with Gasteiger partial charge in [0.1, 0.15) is 44.2 Å². The first kappa shape index (κ1) is 41.4. The number of rotatable bonds is 14. The van der Waals surface area contributed by atoms with E-state index in [0.29, 0.717) is 0 Å². The topological polar surface area (TPSA) is 253 Å². The van der Waals surface area contributed by atoms with Crippen molar-refractivity contribution >= 4 is 47.8 Å². The number of esters is 6. The van der Waals surface area contributed by atoms with E-state index in [0.717, 1.165) is 48.5 Å². The molecule has 0 unspecified atom stereocenters. The molecule has 280 valence electrons. The smallest absolute Gasteiger partial charge is 0.409 e. The van der Waals surface area contributed by atoms with Gasteiger partial charge in [0.25, 0.3) is 0 Å². The van der Waals surface area contributed by atoms with Crippen LogP contribution in [0.5, 0.6) is 0 Å². The molecule has 0 aromatic heterocycles. The maximum absolute atomic E-state index is 12.5. The fraction of sp³-hybridized carbons (Fsp3) is 0.667. The van der Waals surface area contributed by atoms with Gasteiger partial charge in [-0.3, -0.25) is 38.9 Å². The van der Waals surface area contributed by atoms with Gasteiger partial charge >= 0.3 is 41.9 Å². The molecule has 20 nitrogen and oxygen atoms in total. The zero-order valence-electron chi connectivity index (χ0n) is 28.5. The summed E-state index contributed by atoms with van der Waals surface area (Å²) in [5.74, 6) is -5.83. The Balaban J connectivity index is 2.73. The molecule has 2 N–H and O–H groups in total. The predicted molar refractivity (Wildman–Crippen MR) is 160 cm³/mol. The van der Waals surface area contributed by atoms with Crippen LogP contribution in [0.25, 0.3) is 0 Å². The zero-order valence-corrected chi connectivity index (χ0v) is 28.5. The minimum atomic E-state index is -1.82. The van der Waals surface area contributed by atoms with Crippen molar-refractivity contribution in [1.29, 1.82) is 0 Å². The second-order valence-corrected chi connectivity index (χ2v) is 10.9. The number of carbonyl (C=O) groups excluding carboxylic acids is 8. The van der Waals surface area contributed by atoms with Gasteiger partial charge in [-0.15, -0.1) is 0 Å². The number of ether oxygens (including phenoxy) is 10. The fourth-order valence-corrected chi connectivity index (χ4v) is 5.03. The molecule has 0 spiro atoms. The van der Waals surface area contributed by atoms with E-state index in [1.165, 1.54) is 6.08 Å². The van der Waals surface area contributed by atoms with Crippen molar-refractivity contribution in [2.24, 2.45) is 0 Å². The summed E-state index contributed by atoms with van der Waals surface area (Å²) in [6, 6.07) is -1.42. The van der Waals surface area contributed by atoms with E-state index in [1.54, 1.807) is 0 Å². The Bertz CT molecular complexity index is 1290. The third-order valence-electron chi connectivity index (χ3n) is 6.65. The van der Waals surface area contributed by atoms with Crippen molar-refractivity contribution in [3.8, 4) is 0 Å². The number of hydrogen-bond acceptors (Lipinski definition) is 18. The van der Waals surface area contributed by atoms with Crippen molar-refractivity contribution in [1.82, 2.24) is 10.6 Å². The van der Waals surface area contributed by atoms with Gasteiger partial charge in [0.05, 0.1) is 0 Å². The van der Waals surface area contributed by atoms with E-state index in [1.807, 2.05) is 0 Å². The Kier molecular flexibility index (Phi) is 16.0. The van der Waals surface area contributed by atoms with Crippen LogP contribution in [-0.4, -0.2) is 129 Å². The molecule has 20 heteroatoms.